The molecule has 4 rings (SSSR count). The lowest BCUT2D eigenvalue weighted by atomic mass is 9.98. The molecule has 0 saturated carbocycles. The molecule has 9 nitrogen and oxygen atoms in total. The van der Waals surface area contributed by atoms with Crippen molar-refractivity contribution >= 4 is 17.5 Å². The Kier molecular flexibility index (Phi) is 5.96. The Labute approximate surface area is 158 Å². The molecule has 6 unspecified atom stereocenters. The number of amides is 1. The summed E-state index contributed by atoms with van der Waals surface area (Å²) in [5, 5.41) is 11.8. The third-order valence-electron chi connectivity index (χ3n) is 5.63. The van der Waals surface area contributed by atoms with Gasteiger partial charge in [-0.05, 0) is 19.4 Å². The minimum absolute atomic E-state index is 0.000118. The number of rotatable bonds is 4. The highest BCUT2D eigenvalue weighted by atomic mass is 35.5. The third kappa shape index (κ3) is 4.00. The van der Waals surface area contributed by atoms with E-state index in [1.165, 1.54) is 0 Å². The number of nitrogens with zero attached hydrogens (tertiary/aromatic N) is 1. The first kappa shape index (κ1) is 18.8. The SMILES string of the molecule is NC1NN2CC(Cl)CNC2C1C(=O)NC1CNCCC1O[C@H]1CCOC1. The zero-order valence-electron chi connectivity index (χ0n) is 14.8. The number of carbonyl (C=O) groups excluding carboxylic acids is 1. The predicted molar refractivity (Wildman–Crippen MR) is 96.3 cm³/mol. The Morgan fingerprint density at radius 1 is 1.35 bits per heavy atom. The van der Waals surface area contributed by atoms with Gasteiger partial charge in [0.2, 0.25) is 5.91 Å². The van der Waals surface area contributed by atoms with Crippen LogP contribution in [0.15, 0.2) is 0 Å². The van der Waals surface area contributed by atoms with Crippen molar-refractivity contribution in [3.63, 3.8) is 0 Å². The summed E-state index contributed by atoms with van der Waals surface area (Å²) < 4.78 is 11.6. The van der Waals surface area contributed by atoms with Crippen LogP contribution in [-0.4, -0.2) is 86.3 Å². The number of hydrogen-bond donors (Lipinski definition) is 5. The molecule has 4 aliphatic rings. The fourth-order valence-electron chi connectivity index (χ4n) is 4.27. The van der Waals surface area contributed by atoms with E-state index in [4.69, 9.17) is 26.8 Å². The largest absolute Gasteiger partial charge is 0.379 e. The second kappa shape index (κ2) is 8.24. The molecular formula is C16H29ClN6O3. The summed E-state index contributed by atoms with van der Waals surface area (Å²) in [5.74, 6) is -0.431. The highest BCUT2D eigenvalue weighted by Crippen LogP contribution is 2.23. The third-order valence-corrected chi connectivity index (χ3v) is 5.92. The summed E-state index contributed by atoms with van der Waals surface area (Å²) in [7, 11) is 0. The Hall–Kier alpha value is -0.520. The van der Waals surface area contributed by atoms with Crippen LogP contribution in [0, 0.1) is 5.92 Å². The average Bonchev–Trinajstić information content (AvgIpc) is 3.23. The Morgan fingerprint density at radius 3 is 3.04 bits per heavy atom. The highest BCUT2D eigenvalue weighted by molar-refractivity contribution is 6.21. The topological polar surface area (TPSA) is 113 Å². The van der Waals surface area contributed by atoms with Crippen LogP contribution in [0.4, 0.5) is 0 Å². The Bertz CT molecular complexity index is 508. The van der Waals surface area contributed by atoms with Crippen molar-refractivity contribution in [2.24, 2.45) is 11.7 Å². The lowest BCUT2D eigenvalue weighted by molar-refractivity contribution is -0.129. The van der Waals surface area contributed by atoms with Crippen molar-refractivity contribution in [2.45, 2.75) is 48.8 Å². The number of piperidine rings is 1. The van der Waals surface area contributed by atoms with E-state index in [-0.39, 0.29) is 41.6 Å². The van der Waals surface area contributed by atoms with Crippen molar-refractivity contribution in [2.75, 3.05) is 39.4 Å². The van der Waals surface area contributed by atoms with Crippen LogP contribution in [0.2, 0.25) is 0 Å². The molecule has 4 aliphatic heterocycles. The maximum atomic E-state index is 13.0. The van der Waals surface area contributed by atoms with Crippen molar-refractivity contribution in [1.29, 1.82) is 0 Å². The first-order valence-electron chi connectivity index (χ1n) is 9.52. The van der Waals surface area contributed by atoms with Gasteiger partial charge in [-0.2, -0.15) is 0 Å². The number of ether oxygens (including phenoxy) is 2. The van der Waals surface area contributed by atoms with E-state index in [9.17, 15) is 4.79 Å². The molecule has 6 N–H and O–H groups in total. The quantitative estimate of drug-likeness (QED) is 0.348. The van der Waals surface area contributed by atoms with Crippen LogP contribution in [0.25, 0.3) is 0 Å². The van der Waals surface area contributed by atoms with Crippen molar-refractivity contribution in [3.05, 3.63) is 0 Å². The van der Waals surface area contributed by atoms with Gasteiger partial charge in [-0.3, -0.25) is 10.1 Å². The number of halogens is 1. The number of carbonyl (C=O) groups is 1. The van der Waals surface area contributed by atoms with E-state index in [0.29, 0.717) is 26.2 Å². The van der Waals surface area contributed by atoms with Crippen LogP contribution in [0.5, 0.6) is 0 Å². The zero-order chi connectivity index (χ0) is 18.1. The number of nitrogens with one attached hydrogen (secondary N) is 4. The summed E-state index contributed by atoms with van der Waals surface area (Å²) in [5.41, 5.74) is 9.36. The molecular weight excluding hydrogens is 360 g/mol. The number of hydrogen-bond acceptors (Lipinski definition) is 8. The summed E-state index contributed by atoms with van der Waals surface area (Å²) in [6, 6.07) is -0.0672. The van der Waals surface area contributed by atoms with Gasteiger partial charge in [0, 0.05) is 26.2 Å². The van der Waals surface area contributed by atoms with E-state index in [2.05, 4.69) is 21.4 Å². The molecule has 4 saturated heterocycles. The molecule has 0 bridgehead atoms. The molecule has 0 aromatic carbocycles. The standard InChI is InChI=1S/C16H29ClN6O3/c17-9-5-20-15-13(14(18)22-23(15)7-9)16(24)21-11-6-19-3-1-12(11)26-10-2-4-25-8-10/h9-15,19-20,22H,1-8,18H2,(H,21,24)/t9?,10-,11?,12?,13?,14?,15?/m0/s1. The van der Waals surface area contributed by atoms with E-state index >= 15 is 0 Å². The van der Waals surface area contributed by atoms with Gasteiger partial charge in [0.05, 0.1) is 48.5 Å². The molecule has 26 heavy (non-hydrogen) atoms. The van der Waals surface area contributed by atoms with E-state index in [0.717, 1.165) is 26.0 Å². The lowest BCUT2D eigenvalue weighted by Gasteiger charge is -2.37. The number of fused-ring (bicyclic) bond motifs is 1. The van der Waals surface area contributed by atoms with Gasteiger partial charge in [0.25, 0.3) is 0 Å². The Balaban J connectivity index is 1.37. The van der Waals surface area contributed by atoms with Crippen molar-refractivity contribution in [1.82, 2.24) is 26.4 Å². The second-order valence-corrected chi connectivity index (χ2v) is 8.17. The molecule has 1 amide bonds. The molecule has 4 heterocycles. The van der Waals surface area contributed by atoms with Gasteiger partial charge < -0.3 is 25.8 Å². The van der Waals surface area contributed by atoms with Gasteiger partial charge in [-0.25, -0.2) is 10.4 Å². The normalized spacial score (nSPS) is 44.0. The van der Waals surface area contributed by atoms with Crippen LogP contribution >= 0.6 is 11.6 Å². The van der Waals surface area contributed by atoms with Crippen LogP contribution in [0.3, 0.4) is 0 Å². The molecule has 7 atom stereocenters. The molecule has 0 aliphatic carbocycles. The van der Waals surface area contributed by atoms with E-state index < -0.39 is 6.17 Å². The van der Waals surface area contributed by atoms with Crippen molar-refractivity contribution in [3.8, 4) is 0 Å². The zero-order valence-corrected chi connectivity index (χ0v) is 15.6. The average molecular weight is 389 g/mol. The van der Waals surface area contributed by atoms with Crippen molar-refractivity contribution < 1.29 is 14.3 Å². The Morgan fingerprint density at radius 2 is 2.23 bits per heavy atom. The fourth-order valence-corrected chi connectivity index (χ4v) is 4.50. The first-order valence-corrected chi connectivity index (χ1v) is 9.95. The maximum Gasteiger partial charge on any atom is 0.229 e. The molecule has 0 aromatic rings. The molecule has 148 valence electrons. The maximum absolute atomic E-state index is 13.0. The van der Waals surface area contributed by atoms with Crippen LogP contribution in [0.1, 0.15) is 12.8 Å². The van der Waals surface area contributed by atoms with Crippen LogP contribution < -0.4 is 27.1 Å². The minimum atomic E-state index is -0.436. The second-order valence-electron chi connectivity index (χ2n) is 7.55. The highest BCUT2D eigenvalue weighted by Gasteiger charge is 2.47. The number of hydrazine groups is 1. The molecule has 0 radical (unpaired) electrons. The van der Waals surface area contributed by atoms with Gasteiger partial charge in [-0.15, -0.1) is 11.6 Å². The number of nitrogens with two attached hydrogens (primary N) is 1. The molecule has 4 fully saturated rings. The summed E-state index contributed by atoms with van der Waals surface area (Å²) in [6.07, 6.45) is 1.35. The smallest absolute Gasteiger partial charge is 0.229 e. The minimum Gasteiger partial charge on any atom is -0.379 e. The lowest BCUT2D eigenvalue weighted by Crippen LogP contribution is -2.61. The summed E-state index contributed by atoms with van der Waals surface area (Å²) >= 11 is 6.19. The molecule has 0 aromatic heterocycles. The summed E-state index contributed by atoms with van der Waals surface area (Å²) in [6.45, 7) is 4.31. The van der Waals surface area contributed by atoms with Gasteiger partial charge in [0.1, 0.15) is 0 Å². The molecule has 0 spiro atoms. The van der Waals surface area contributed by atoms with Gasteiger partial charge in [-0.1, -0.05) is 0 Å². The number of alkyl halides is 1. The molecule has 10 heteroatoms. The monoisotopic (exact) mass is 388 g/mol. The first-order chi connectivity index (χ1) is 12.6. The van der Waals surface area contributed by atoms with Crippen LogP contribution in [-0.2, 0) is 14.3 Å². The van der Waals surface area contributed by atoms with Gasteiger partial charge >= 0.3 is 0 Å². The summed E-state index contributed by atoms with van der Waals surface area (Å²) in [4.78, 5) is 13.0. The van der Waals surface area contributed by atoms with E-state index in [1.54, 1.807) is 0 Å². The fraction of sp³-hybridized carbons (Fsp3) is 0.938. The van der Waals surface area contributed by atoms with Gasteiger partial charge in [0.15, 0.2) is 0 Å². The van der Waals surface area contributed by atoms with E-state index in [1.807, 2.05) is 5.01 Å². The predicted octanol–water partition coefficient (Wildman–Crippen LogP) is -2.10.